The van der Waals surface area contributed by atoms with Gasteiger partial charge in [0.25, 0.3) is 0 Å². The molecule has 0 aromatic heterocycles. The first-order chi connectivity index (χ1) is 12.5. The molecule has 1 N–H and O–H groups in total. The highest BCUT2D eigenvalue weighted by molar-refractivity contribution is 5.94. The standard InChI is InChI=1S/C21H24N2O3/c1-16-12-22(14-19(16)21(25)26)15-20(24)23(18-10-6-3-7-11-18)13-17-8-4-2-5-9-17/h2-11,16,19H,12-15H2,1H3,(H,25,26)/t16-,19-/m1/s1. The van der Waals surface area contributed by atoms with Crippen LogP contribution in [0.15, 0.2) is 60.7 Å². The SMILES string of the molecule is C[C@@H]1CN(CC(=O)N(Cc2ccccc2)c2ccccc2)C[C@H]1C(=O)O. The van der Waals surface area contributed by atoms with E-state index in [4.69, 9.17) is 0 Å². The van der Waals surface area contributed by atoms with Crippen molar-refractivity contribution in [1.29, 1.82) is 0 Å². The fourth-order valence-electron chi connectivity index (χ4n) is 3.49. The van der Waals surface area contributed by atoms with E-state index in [1.165, 1.54) is 0 Å². The summed E-state index contributed by atoms with van der Waals surface area (Å²) in [6.07, 6.45) is 0. The second-order valence-electron chi connectivity index (χ2n) is 6.92. The molecule has 0 radical (unpaired) electrons. The van der Waals surface area contributed by atoms with Crippen LogP contribution in [0.3, 0.4) is 0 Å². The average molecular weight is 352 g/mol. The zero-order chi connectivity index (χ0) is 18.5. The molecule has 136 valence electrons. The van der Waals surface area contributed by atoms with E-state index < -0.39 is 11.9 Å². The molecule has 5 nitrogen and oxygen atoms in total. The third-order valence-corrected chi connectivity index (χ3v) is 4.92. The number of rotatable bonds is 6. The molecule has 2 aromatic rings. The summed E-state index contributed by atoms with van der Waals surface area (Å²) in [5.41, 5.74) is 1.91. The highest BCUT2D eigenvalue weighted by atomic mass is 16.4. The molecule has 0 spiro atoms. The minimum Gasteiger partial charge on any atom is -0.481 e. The lowest BCUT2D eigenvalue weighted by Gasteiger charge is -2.26. The maximum Gasteiger partial charge on any atom is 0.308 e. The minimum atomic E-state index is -0.781. The summed E-state index contributed by atoms with van der Waals surface area (Å²) in [5.74, 6) is -1.14. The summed E-state index contributed by atoms with van der Waals surface area (Å²) in [6.45, 7) is 3.72. The number of likely N-dealkylation sites (tertiary alicyclic amines) is 1. The van der Waals surface area contributed by atoms with Gasteiger partial charge < -0.3 is 10.0 Å². The van der Waals surface area contributed by atoms with E-state index in [0.29, 0.717) is 19.6 Å². The molecular formula is C21H24N2O3. The van der Waals surface area contributed by atoms with Crippen LogP contribution in [0.2, 0.25) is 0 Å². The van der Waals surface area contributed by atoms with Crippen molar-refractivity contribution in [1.82, 2.24) is 4.90 Å². The van der Waals surface area contributed by atoms with Gasteiger partial charge >= 0.3 is 5.97 Å². The highest BCUT2D eigenvalue weighted by Gasteiger charge is 2.36. The van der Waals surface area contributed by atoms with Crippen LogP contribution in [-0.2, 0) is 16.1 Å². The number of carboxylic acids is 1. The van der Waals surface area contributed by atoms with Gasteiger partial charge in [0, 0.05) is 18.8 Å². The lowest BCUT2D eigenvalue weighted by molar-refractivity contribution is -0.142. The van der Waals surface area contributed by atoms with Crippen molar-refractivity contribution >= 4 is 17.6 Å². The van der Waals surface area contributed by atoms with Gasteiger partial charge in [-0.25, -0.2) is 0 Å². The Kier molecular flexibility index (Phi) is 5.68. The number of aliphatic carboxylic acids is 1. The monoisotopic (exact) mass is 352 g/mol. The largest absolute Gasteiger partial charge is 0.481 e. The minimum absolute atomic E-state index is 0.0155. The normalized spacial score (nSPS) is 20.0. The molecule has 1 saturated heterocycles. The van der Waals surface area contributed by atoms with E-state index in [-0.39, 0.29) is 18.4 Å². The van der Waals surface area contributed by atoms with Crippen molar-refractivity contribution < 1.29 is 14.7 Å². The van der Waals surface area contributed by atoms with Gasteiger partial charge in [0.15, 0.2) is 0 Å². The molecule has 0 saturated carbocycles. The fraction of sp³-hybridized carbons (Fsp3) is 0.333. The van der Waals surface area contributed by atoms with E-state index in [9.17, 15) is 14.7 Å². The van der Waals surface area contributed by atoms with E-state index >= 15 is 0 Å². The summed E-state index contributed by atoms with van der Waals surface area (Å²) in [4.78, 5) is 28.1. The molecular weight excluding hydrogens is 328 g/mol. The van der Waals surface area contributed by atoms with Crippen molar-refractivity contribution in [3.8, 4) is 0 Å². The predicted octanol–water partition coefficient (Wildman–Crippen LogP) is 2.87. The van der Waals surface area contributed by atoms with E-state index in [2.05, 4.69) is 0 Å². The second-order valence-corrected chi connectivity index (χ2v) is 6.92. The summed E-state index contributed by atoms with van der Waals surface area (Å²) in [7, 11) is 0. The van der Waals surface area contributed by atoms with Gasteiger partial charge in [0.1, 0.15) is 0 Å². The lowest BCUT2D eigenvalue weighted by atomic mass is 9.99. The molecule has 1 fully saturated rings. The molecule has 0 unspecified atom stereocenters. The maximum absolute atomic E-state index is 13.0. The van der Waals surface area contributed by atoms with Crippen LogP contribution in [0.5, 0.6) is 0 Å². The van der Waals surface area contributed by atoms with E-state index in [0.717, 1.165) is 11.3 Å². The van der Waals surface area contributed by atoms with Crippen LogP contribution < -0.4 is 4.90 Å². The molecule has 26 heavy (non-hydrogen) atoms. The van der Waals surface area contributed by atoms with Crippen LogP contribution in [0.25, 0.3) is 0 Å². The van der Waals surface area contributed by atoms with Gasteiger partial charge in [-0.3, -0.25) is 14.5 Å². The Morgan fingerprint density at radius 1 is 1.04 bits per heavy atom. The lowest BCUT2D eigenvalue weighted by Crippen LogP contribution is -2.39. The van der Waals surface area contributed by atoms with Crippen LogP contribution >= 0.6 is 0 Å². The second kappa shape index (κ2) is 8.15. The van der Waals surface area contributed by atoms with Gasteiger partial charge in [-0.05, 0) is 23.6 Å². The number of hydrogen-bond acceptors (Lipinski definition) is 3. The summed E-state index contributed by atoms with van der Waals surface area (Å²) in [5, 5.41) is 9.30. The molecule has 3 rings (SSSR count). The number of benzene rings is 2. The van der Waals surface area contributed by atoms with Crippen LogP contribution in [-0.4, -0.2) is 41.5 Å². The Labute approximate surface area is 153 Å². The first kappa shape index (κ1) is 18.1. The van der Waals surface area contributed by atoms with Crippen LogP contribution in [0, 0.1) is 11.8 Å². The summed E-state index contributed by atoms with van der Waals surface area (Å²) < 4.78 is 0. The maximum atomic E-state index is 13.0. The molecule has 1 aliphatic heterocycles. The molecule has 1 amide bonds. The number of carboxylic acid groups (broad SMARTS) is 1. The quantitative estimate of drug-likeness (QED) is 0.868. The zero-order valence-electron chi connectivity index (χ0n) is 14.9. The Morgan fingerprint density at radius 3 is 2.23 bits per heavy atom. The van der Waals surface area contributed by atoms with Crippen LogP contribution in [0.1, 0.15) is 12.5 Å². The number of nitrogens with zero attached hydrogens (tertiary/aromatic N) is 2. The number of hydrogen-bond donors (Lipinski definition) is 1. The Morgan fingerprint density at radius 2 is 1.65 bits per heavy atom. The predicted molar refractivity (Wildman–Crippen MR) is 101 cm³/mol. The average Bonchev–Trinajstić information content (AvgIpc) is 3.01. The van der Waals surface area contributed by atoms with Gasteiger partial charge in [-0.15, -0.1) is 0 Å². The third kappa shape index (κ3) is 4.29. The smallest absolute Gasteiger partial charge is 0.308 e. The summed E-state index contributed by atoms with van der Waals surface area (Å²) in [6, 6.07) is 19.5. The molecule has 2 aromatic carbocycles. The Hall–Kier alpha value is -2.66. The first-order valence-corrected chi connectivity index (χ1v) is 8.89. The van der Waals surface area contributed by atoms with Crippen molar-refractivity contribution in [2.24, 2.45) is 11.8 Å². The van der Waals surface area contributed by atoms with Gasteiger partial charge in [-0.1, -0.05) is 55.5 Å². The van der Waals surface area contributed by atoms with Crippen molar-refractivity contribution in [2.75, 3.05) is 24.5 Å². The zero-order valence-corrected chi connectivity index (χ0v) is 14.9. The highest BCUT2D eigenvalue weighted by Crippen LogP contribution is 2.24. The number of carbonyl (C=O) groups is 2. The Bertz CT molecular complexity index is 748. The molecule has 2 atom stereocenters. The first-order valence-electron chi connectivity index (χ1n) is 8.89. The molecule has 0 aliphatic carbocycles. The molecule has 5 heteroatoms. The number of anilines is 1. The van der Waals surface area contributed by atoms with Crippen molar-refractivity contribution in [3.63, 3.8) is 0 Å². The number of carbonyl (C=O) groups excluding carboxylic acids is 1. The molecule has 1 aliphatic rings. The van der Waals surface area contributed by atoms with Gasteiger partial charge in [-0.2, -0.15) is 0 Å². The van der Waals surface area contributed by atoms with Crippen LogP contribution in [0.4, 0.5) is 5.69 Å². The van der Waals surface area contributed by atoms with Crippen molar-refractivity contribution in [2.45, 2.75) is 13.5 Å². The van der Waals surface area contributed by atoms with Gasteiger partial charge in [0.05, 0.1) is 19.0 Å². The van der Waals surface area contributed by atoms with E-state index in [1.807, 2.05) is 72.5 Å². The number of para-hydroxylation sites is 1. The summed E-state index contributed by atoms with van der Waals surface area (Å²) >= 11 is 0. The molecule has 1 heterocycles. The van der Waals surface area contributed by atoms with Gasteiger partial charge in [0.2, 0.25) is 5.91 Å². The number of amides is 1. The topological polar surface area (TPSA) is 60.9 Å². The Balaban J connectivity index is 1.74. The fourth-order valence-corrected chi connectivity index (χ4v) is 3.49. The van der Waals surface area contributed by atoms with E-state index in [1.54, 1.807) is 4.90 Å². The van der Waals surface area contributed by atoms with Crippen molar-refractivity contribution in [3.05, 3.63) is 66.2 Å². The molecule has 0 bridgehead atoms. The third-order valence-electron chi connectivity index (χ3n) is 4.92.